The molecule has 0 spiro atoms. The first-order valence-electron chi connectivity index (χ1n) is 9.37. The molecule has 0 radical (unpaired) electrons. The summed E-state index contributed by atoms with van der Waals surface area (Å²) in [6, 6.07) is 11.0. The van der Waals surface area contributed by atoms with E-state index in [4.69, 9.17) is 16.3 Å². The van der Waals surface area contributed by atoms with Crippen LogP contribution in [0.1, 0.15) is 26.6 Å². The van der Waals surface area contributed by atoms with Gasteiger partial charge in [-0.15, -0.1) is 11.3 Å². The fourth-order valence-electron chi connectivity index (χ4n) is 2.98. The molecule has 3 heterocycles. The first kappa shape index (κ1) is 21.0. The number of esters is 1. The fraction of sp³-hybridized carbons (Fsp3) is 0.190. The smallest absolute Gasteiger partial charge is 0.348 e. The van der Waals surface area contributed by atoms with Crippen molar-refractivity contribution in [2.45, 2.75) is 20.4 Å². The van der Waals surface area contributed by atoms with Crippen LogP contribution in [0.5, 0.6) is 0 Å². The quantitative estimate of drug-likeness (QED) is 0.441. The summed E-state index contributed by atoms with van der Waals surface area (Å²) in [6.07, 6.45) is 1.54. The molecular weight excluding hydrogens is 438 g/mol. The van der Waals surface area contributed by atoms with E-state index in [2.05, 4.69) is 20.4 Å². The molecule has 10 heteroatoms. The van der Waals surface area contributed by atoms with E-state index in [-0.39, 0.29) is 5.95 Å². The minimum Gasteiger partial charge on any atom is -0.451 e. The Morgan fingerprint density at radius 3 is 2.81 bits per heavy atom. The molecule has 158 valence electrons. The fourth-order valence-corrected chi connectivity index (χ4v) is 4.23. The van der Waals surface area contributed by atoms with Crippen molar-refractivity contribution in [2.24, 2.45) is 0 Å². The van der Waals surface area contributed by atoms with Gasteiger partial charge in [0.05, 0.1) is 12.2 Å². The molecule has 0 saturated heterocycles. The third kappa shape index (κ3) is 4.73. The molecule has 1 N–H and O–H groups in total. The highest BCUT2D eigenvalue weighted by molar-refractivity contribution is 7.20. The van der Waals surface area contributed by atoms with Crippen LogP contribution in [-0.4, -0.2) is 38.2 Å². The molecule has 4 rings (SSSR count). The Labute approximate surface area is 186 Å². The van der Waals surface area contributed by atoms with Gasteiger partial charge in [-0.2, -0.15) is 5.10 Å². The van der Waals surface area contributed by atoms with Gasteiger partial charge in [0.25, 0.3) is 5.91 Å². The highest BCUT2D eigenvalue weighted by Gasteiger charge is 2.19. The van der Waals surface area contributed by atoms with Crippen LogP contribution in [0.2, 0.25) is 5.02 Å². The molecule has 0 aliphatic rings. The number of fused-ring (bicyclic) bond motifs is 1. The number of aryl methyl sites for hydroxylation is 2. The Bertz CT molecular complexity index is 1280. The van der Waals surface area contributed by atoms with Gasteiger partial charge in [-0.05, 0) is 37.6 Å². The average Bonchev–Trinajstić information content (AvgIpc) is 3.29. The van der Waals surface area contributed by atoms with Crippen LogP contribution >= 0.6 is 22.9 Å². The molecule has 3 aromatic heterocycles. The molecule has 1 amide bonds. The number of carbonyl (C=O) groups excluding carboxylic acids is 2. The molecule has 8 nitrogen and oxygen atoms in total. The number of halogens is 1. The minimum absolute atomic E-state index is 0.165. The lowest BCUT2D eigenvalue weighted by Crippen LogP contribution is -2.21. The predicted molar refractivity (Wildman–Crippen MR) is 119 cm³/mol. The second-order valence-electron chi connectivity index (χ2n) is 6.81. The molecule has 1 aromatic carbocycles. The summed E-state index contributed by atoms with van der Waals surface area (Å²) in [4.78, 5) is 33.8. The Morgan fingerprint density at radius 1 is 1.23 bits per heavy atom. The first-order valence-corrected chi connectivity index (χ1v) is 10.6. The van der Waals surface area contributed by atoms with Crippen LogP contribution in [0.4, 0.5) is 5.95 Å². The summed E-state index contributed by atoms with van der Waals surface area (Å²) in [6.45, 7) is 3.71. The number of anilines is 1. The minimum atomic E-state index is -0.579. The van der Waals surface area contributed by atoms with Crippen LogP contribution in [0, 0.1) is 13.8 Å². The van der Waals surface area contributed by atoms with E-state index in [0.29, 0.717) is 22.1 Å². The van der Waals surface area contributed by atoms with E-state index in [0.717, 1.165) is 21.5 Å². The number of thiophene rings is 1. The second kappa shape index (κ2) is 8.83. The number of amides is 1. The van der Waals surface area contributed by atoms with Crippen molar-refractivity contribution < 1.29 is 14.3 Å². The SMILES string of the molecule is Cc1ccnc(NC(=O)COC(=O)c2cc3c(C)nn(Cc4ccccc4Cl)c3s2)n1. The molecule has 0 unspecified atom stereocenters. The Morgan fingerprint density at radius 2 is 2.03 bits per heavy atom. The maximum Gasteiger partial charge on any atom is 0.348 e. The van der Waals surface area contributed by atoms with Gasteiger partial charge in [0, 0.05) is 22.3 Å². The predicted octanol–water partition coefficient (Wildman–Crippen LogP) is 4.00. The number of rotatable bonds is 6. The number of aromatic nitrogens is 4. The Kier molecular flexibility index (Phi) is 5.97. The van der Waals surface area contributed by atoms with E-state index < -0.39 is 18.5 Å². The summed E-state index contributed by atoms with van der Waals surface area (Å²) in [5, 5.41) is 8.57. The van der Waals surface area contributed by atoms with E-state index >= 15 is 0 Å². The van der Waals surface area contributed by atoms with Crippen molar-refractivity contribution in [1.82, 2.24) is 19.7 Å². The molecule has 0 bridgehead atoms. The standard InChI is InChI=1S/C21H18ClN5O3S/c1-12-7-8-23-21(24-12)25-18(28)11-30-20(29)17-9-15-13(2)26-27(19(15)31-17)10-14-5-3-4-6-16(14)22/h3-9H,10-11H2,1-2H3,(H,23,24,25,28). The van der Waals surface area contributed by atoms with E-state index in [9.17, 15) is 9.59 Å². The number of nitrogens with one attached hydrogen (secondary N) is 1. The Balaban J connectivity index is 1.45. The molecule has 31 heavy (non-hydrogen) atoms. The van der Waals surface area contributed by atoms with Crippen molar-refractivity contribution in [3.63, 3.8) is 0 Å². The summed E-state index contributed by atoms with van der Waals surface area (Å²) >= 11 is 7.53. The number of benzene rings is 1. The van der Waals surface area contributed by atoms with Crippen LogP contribution in [0.25, 0.3) is 10.2 Å². The zero-order chi connectivity index (χ0) is 22.0. The highest BCUT2D eigenvalue weighted by Crippen LogP contribution is 2.30. The maximum absolute atomic E-state index is 12.5. The van der Waals surface area contributed by atoms with Crippen molar-refractivity contribution in [2.75, 3.05) is 11.9 Å². The maximum atomic E-state index is 12.5. The summed E-state index contributed by atoms with van der Waals surface area (Å²) in [7, 11) is 0. The van der Waals surface area contributed by atoms with Gasteiger partial charge in [0.2, 0.25) is 5.95 Å². The topological polar surface area (TPSA) is 99.0 Å². The van der Waals surface area contributed by atoms with Gasteiger partial charge >= 0.3 is 5.97 Å². The molecular formula is C21H18ClN5O3S. The summed E-state index contributed by atoms with van der Waals surface area (Å²) in [5.74, 6) is -0.926. The zero-order valence-electron chi connectivity index (χ0n) is 16.8. The molecule has 0 atom stereocenters. The lowest BCUT2D eigenvalue weighted by atomic mass is 10.2. The van der Waals surface area contributed by atoms with Crippen LogP contribution in [0.3, 0.4) is 0 Å². The largest absolute Gasteiger partial charge is 0.451 e. The number of ether oxygens (including phenoxy) is 1. The van der Waals surface area contributed by atoms with Crippen LogP contribution in [0.15, 0.2) is 42.6 Å². The molecule has 0 saturated carbocycles. The molecule has 4 aromatic rings. The van der Waals surface area contributed by atoms with Gasteiger partial charge in [-0.1, -0.05) is 29.8 Å². The second-order valence-corrected chi connectivity index (χ2v) is 8.25. The van der Waals surface area contributed by atoms with Crippen molar-refractivity contribution in [3.8, 4) is 0 Å². The molecule has 0 aliphatic carbocycles. The van der Waals surface area contributed by atoms with Crippen molar-refractivity contribution in [1.29, 1.82) is 0 Å². The van der Waals surface area contributed by atoms with Gasteiger partial charge in [-0.25, -0.2) is 14.8 Å². The number of nitrogens with zero attached hydrogens (tertiary/aromatic N) is 4. The van der Waals surface area contributed by atoms with Crippen molar-refractivity contribution in [3.05, 3.63) is 69.4 Å². The van der Waals surface area contributed by atoms with Gasteiger partial charge in [-0.3, -0.25) is 14.8 Å². The van der Waals surface area contributed by atoms with Gasteiger partial charge < -0.3 is 4.74 Å². The number of hydrogen-bond acceptors (Lipinski definition) is 7. The Hall–Kier alpha value is -3.30. The normalized spacial score (nSPS) is 10.9. The first-order chi connectivity index (χ1) is 14.9. The van der Waals surface area contributed by atoms with Gasteiger partial charge in [0.1, 0.15) is 9.71 Å². The van der Waals surface area contributed by atoms with Crippen molar-refractivity contribution >= 4 is 51.0 Å². The van der Waals surface area contributed by atoms with Crippen LogP contribution < -0.4 is 5.32 Å². The average molecular weight is 456 g/mol. The van der Waals surface area contributed by atoms with E-state index in [1.54, 1.807) is 19.1 Å². The summed E-state index contributed by atoms with van der Waals surface area (Å²) in [5.41, 5.74) is 2.45. The summed E-state index contributed by atoms with van der Waals surface area (Å²) < 4.78 is 6.98. The lowest BCUT2D eigenvalue weighted by Gasteiger charge is -2.05. The van der Waals surface area contributed by atoms with Crippen LogP contribution in [-0.2, 0) is 16.1 Å². The zero-order valence-corrected chi connectivity index (χ0v) is 18.3. The third-order valence-corrected chi connectivity index (χ3v) is 5.96. The number of carbonyl (C=O) groups is 2. The van der Waals surface area contributed by atoms with E-state index in [1.165, 1.54) is 17.5 Å². The van der Waals surface area contributed by atoms with Gasteiger partial charge in [0.15, 0.2) is 6.61 Å². The van der Waals surface area contributed by atoms with E-state index in [1.807, 2.05) is 35.9 Å². The third-order valence-electron chi connectivity index (χ3n) is 4.47. The monoisotopic (exact) mass is 455 g/mol. The number of hydrogen-bond donors (Lipinski definition) is 1. The highest BCUT2D eigenvalue weighted by atomic mass is 35.5. The lowest BCUT2D eigenvalue weighted by molar-refractivity contribution is -0.119. The molecule has 0 fully saturated rings. The molecule has 0 aliphatic heterocycles.